The van der Waals surface area contributed by atoms with Crippen molar-refractivity contribution < 1.29 is 4.74 Å². The summed E-state index contributed by atoms with van der Waals surface area (Å²) in [5.41, 5.74) is -0.598. The molecule has 18 heavy (non-hydrogen) atoms. The van der Waals surface area contributed by atoms with Crippen LogP contribution in [0.1, 0.15) is 71.1 Å². The molecule has 0 spiro atoms. The molecular weight excluding hydrogens is 222 g/mol. The zero-order valence-electron chi connectivity index (χ0n) is 11.8. The molecule has 0 amide bonds. The van der Waals surface area contributed by atoms with Crippen LogP contribution in [0.5, 0.6) is 0 Å². The Hall–Kier alpha value is -0.810. The molecule has 2 nitrogen and oxygen atoms in total. The fraction of sp³-hybridized carbons (Fsp3) is 0.812. The summed E-state index contributed by atoms with van der Waals surface area (Å²) in [6, 6.07) is 2.41. The molecule has 0 aromatic heterocycles. The number of unbranched alkanes of at least 4 members (excludes halogenated alkanes) is 2. The lowest BCUT2D eigenvalue weighted by atomic mass is 9.90. The molecule has 2 atom stereocenters. The Morgan fingerprint density at radius 2 is 2.22 bits per heavy atom. The van der Waals surface area contributed by atoms with Crippen LogP contribution in [0.3, 0.4) is 0 Å². The monoisotopic (exact) mass is 249 g/mol. The molecule has 0 N–H and O–H groups in total. The van der Waals surface area contributed by atoms with Gasteiger partial charge >= 0.3 is 0 Å². The molecule has 2 heteroatoms. The second kappa shape index (κ2) is 8.32. The van der Waals surface area contributed by atoms with E-state index in [2.05, 4.69) is 19.6 Å². The quantitative estimate of drug-likeness (QED) is 0.502. The van der Waals surface area contributed by atoms with E-state index in [1.807, 2.05) is 6.08 Å². The summed E-state index contributed by atoms with van der Waals surface area (Å²) in [5, 5.41) is 9.46. The lowest BCUT2D eigenvalue weighted by Gasteiger charge is -2.33. The Morgan fingerprint density at radius 1 is 1.39 bits per heavy atom. The molecule has 0 aliphatic carbocycles. The van der Waals surface area contributed by atoms with Gasteiger partial charge in [-0.15, -0.1) is 6.58 Å². The zero-order chi connectivity index (χ0) is 13.3. The molecule has 0 radical (unpaired) electrons. The smallest absolute Gasteiger partial charge is 0.157 e. The van der Waals surface area contributed by atoms with Gasteiger partial charge in [0.15, 0.2) is 5.60 Å². The van der Waals surface area contributed by atoms with Gasteiger partial charge in [-0.25, -0.2) is 0 Å². The third kappa shape index (κ3) is 4.82. The molecule has 0 unspecified atom stereocenters. The van der Waals surface area contributed by atoms with Gasteiger partial charge in [0, 0.05) is 6.42 Å². The number of hydrogen-bond donors (Lipinski definition) is 0. The minimum Gasteiger partial charge on any atom is -0.357 e. The van der Waals surface area contributed by atoms with Gasteiger partial charge in [-0.3, -0.25) is 0 Å². The lowest BCUT2D eigenvalue weighted by Crippen LogP contribution is -2.36. The van der Waals surface area contributed by atoms with Crippen LogP contribution < -0.4 is 0 Å². The molecule has 0 saturated carbocycles. The number of nitriles is 1. The summed E-state index contributed by atoms with van der Waals surface area (Å²) >= 11 is 0. The Bertz CT molecular complexity index is 281. The van der Waals surface area contributed by atoms with E-state index in [9.17, 15) is 5.26 Å². The first-order chi connectivity index (χ1) is 8.76. The summed E-state index contributed by atoms with van der Waals surface area (Å²) in [6.45, 7) is 5.99. The molecule has 1 aliphatic heterocycles. The van der Waals surface area contributed by atoms with Crippen molar-refractivity contribution in [2.75, 3.05) is 0 Å². The summed E-state index contributed by atoms with van der Waals surface area (Å²) < 4.78 is 6.18. The predicted octanol–water partition coefficient (Wildman–Crippen LogP) is 4.75. The highest BCUT2D eigenvalue weighted by atomic mass is 16.5. The average Bonchev–Trinajstić information content (AvgIpc) is 2.35. The maximum absolute atomic E-state index is 9.46. The highest BCUT2D eigenvalue weighted by Crippen LogP contribution is 2.31. The molecule has 1 heterocycles. The predicted molar refractivity (Wildman–Crippen MR) is 75.3 cm³/mol. The van der Waals surface area contributed by atoms with Crippen molar-refractivity contribution >= 4 is 0 Å². The molecule has 1 rings (SSSR count). The van der Waals surface area contributed by atoms with E-state index in [0.717, 1.165) is 25.7 Å². The van der Waals surface area contributed by atoms with E-state index in [4.69, 9.17) is 4.74 Å². The second-order valence-electron chi connectivity index (χ2n) is 5.43. The van der Waals surface area contributed by atoms with E-state index >= 15 is 0 Å². The number of ether oxygens (including phenoxy) is 1. The maximum Gasteiger partial charge on any atom is 0.157 e. The van der Waals surface area contributed by atoms with Crippen molar-refractivity contribution in [3.8, 4) is 6.07 Å². The highest BCUT2D eigenvalue weighted by Gasteiger charge is 2.33. The van der Waals surface area contributed by atoms with Gasteiger partial charge in [-0.05, 0) is 25.7 Å². The fourth-order valence-electron chi connectivity index (χ4n) is 2.73. The van der Waals surface area contributed by atoms with E-state index in [1.54, 1.807) is 0 Å². The fourth-order valence-corrected chi connectivity index (χ4v) is 2.73. The van der Waals surface area contributed by atoms with Gasteiger partial charge in [0.1, 0.15) is 0 Å². The van der Waals surface area contributed by atoms with Gasteiger partial charge in [-0.1, -0.05) is 45.1 Å². The van der Waals surface area contributed by atoms with Gasteiger partial charge in [0.05, 0.1) is 12.2 Å². The Kier molecular flexibility index (Phi) is 7.05. The van der Waals surface area contributed by atoms with Crippen LogP contribution in [0.2, 0.25) is 0 Å². The van der Waals surface area contributed by atoms with E-state index < -0.39 is 5.60 Å². The molecule has 102 valence electrons. The molecule has 1 fully saturated rings. The first kappa shape index (κ1) is 15.2. The van der Waals surface area contributed by atoms with Crippen LogP contribution in [-0.4, -0.2) is 11.7 Å². The number of rotatable bonds is 6. The van der Waals surface area contributed by atoms with Crippen LogP contribution in [0.15, 0.2) is 12.7 Å². The normalized spacial score (nSPS) is 29.0. The Labute approximate surface area is 112 Å². The summed E-state index contributed by atoms with van der Waals surface area (Å²) in [6.07, 6.45) is 13.1. The molecule has 1 aliphatic rings. The minimum atomic E-state index is -0.598. The van der Waals surface area contributed by atoms with Crippen molar-refractivity contribution in [1.29, 1.82) is 5.26 Å². The van der Waals surface area contributed by atoms with Gasteiger partial charge in [0.2, 0.25) is 0 Å². The summed E-state index contributed by atoms with van der Waals surface area (Å²) in [5.74, 6) is 0. The van der Waals surface area contributed by atoms with E-state index in [1.165, 1.54) is 32.1 Å². The summed E-state index contributed by atoms with van der Waals surface area (Å²) in [7, 11) is 0. The van der Waals surface area contributed by atoms with Crippen molar-refractivity contribution in [1.82, 2.24) is 0 Å². The van der Waals surface area contributed by atoms with Crippen LogP contribution in [0.25, 0.3) is 0 Å². The van der Waals surface area contributed by atoms with Gasteiger partial charge in [0.25, 0.3) is 0 Å². The van der Waals surface area contributed by atoms with Crippen LogP contribution in [0, 0.1) is 11.3 Å². The number of hydrogen-bond acceptors (Lipinski definition) is 2. The van der Waals surface area contributed by atoms with Crippen LogP contribution in [0.4, 0.5) is 0 Å². The largest absolute Gasteiger partial charge is 0.357 e. The van der Waals surface area contributed by atoms with Gasteiger partial charge in [-0.2, -0.15) is 5.26 Å². The average molecular weight is 249 g/mol. The standard InChI is InChI=1S/C16H27NO/c1-3-5-7-10-15-11-8-6-9-13-16(14-17,18-15)12-4-2/h4,15H,2-3,5-13H2,1H3/t15-,16+/m0/s1. The van der Waals surface area contributed by atoms with Crippen molar-refractivity contribution in [2.24, 2.45) is 0 Å². The van der Waals surface area contributed by atoms with Gasteiger partial charge < -0.3 is 4.74 Å². The third-order valence-electron chi connectivity index (χ3n) is 3.81. The Morgan fingerprint density at radius 3 is 2.89 bits per heavy atom. The minimum absolute atomic E-state index is 0.274. The first-order valence-electron chi connectivity index (χ1n) is 7.46. The number of nitrogens with zero attached hydrogens (tertiary/aromatic N) is 1. The lowest BCUT2D eigenvalue weighted by molar-refractivity contribution is -0.0764. The maximum atomic E-state index is 9.46. The van der Waals surface area contributed by atoms with Crippen LogP contribution in [-0.2, 0) is 4.74 Å². The van der Waals surface area contributed by atoms with Crippen molar-refractivity contribution in [3.05, 3.63) is 12.7 Å². The van der Waals surface area contributed by atoms with Crippen LogP contribution >= 0.6 is 0 Å². The highest BCUT2D eigenvalue weighted by molar-refractivity contribution is 5.06. The molecule has 0 aromatic rings. The van der Waals surface area contributed by atoms with Crippen molar-refractivity contribution in [3.63, 3.8) is 0 Å². The SMILES string of the molecule is C=CC[C@]1(C#N)CCCCC[C@H](CCCCC)O1. The molecular formula is C16H27NO. The topological polar surface area (TPSA) is 33.0 Å². The Balaban J connectivity index is 2.60. The summed E-state index contributed by atoms with van der Waals surface area (Å²) in [4.78, 5) is 0. The van der Waals surface area contributed by atoms with E-state index in [0.29, 0.717) is 6.42 Å². The molecule has 0 aromatic carbocycles. The zero-order valence-corrected chi connectivity index (χ0v) is 11.8. The molecule has 0 bridgehead atoms. The third-order valence-corrected chi connectivity index (χ3v) is 3.81. The van der Waals surface area contributed by atoms with E-state index in [-0.39, 0.29) is 6.10 Å². The molecule has 1 saturated heterocycles. The first-order valence-corrected chi connectivity index (χ1v) is 7.46. The van der Waals surface area contributed by atoms with Crippen molar-refractivity contribution in [2.45, 2.75) is 82.8 Å². The second-order valence-corrected chi connectivity index (χ2v) is 5.43.